The Hall–Kier alpha value is -2.71. The van der Waals surface area contributed by atoms with Crippen molar-refractivity contribution in [2.75, 3.05) is 17.9 Å². The van der Waals surface area contributed by atoms with E-state index in [1.54, 1.807) is 23.9 Å². The summed E-state index contributed by atoms with van der Waals surface area (Å²) in [5.74, 6) is 1.33. The summed E-state index contributed by atoms with van der Waals surface area (Å²) >= 11 is 7.41. The first-order valence-corrected chi connectivity index (χ1v) is 9.86. The molecule has 7 nitrogen and oxygen atoms in total. The van der Waals surface area contributed by atoms with E-state index in [0.29, 0.717) is 15.9 Å². The van der Waals surface area contributed by atoms with Crippen molar-refractivity contribution >= 4 is 35.0 Å². The van der Waals surface area contributed by atoms with Crippen LogP contribution < -0.4 is 15.5 Å². The first-order valence-electron chi connectivity index (χ1n) is 8.61. The van der Waals surface area contributed by atoms with Crippen LogP contribution in [0.2, 0.25) is 5.02 Å². The molecule has 0 unspecified atom stereocenters. The lowest BCUT2D eigenvalue weighted by atomic mass is 10.0. The first kappa shape index (κ1) is 18.6. The molecule has 4 rings (SSSR count). The summed E-state index contributed by atoms with van der Waals surface area (Å²) in [4.78, 5) is 13.1. The van der Waals surface area contributed by atoms with Crippen LogP contribution in [0.5, 0.6) is 5.75 Å². The third-order valence-electron chi connectivity index (χ3n) is 4.44. The number of ether oxygens (including phenoxy) is 1. The van der Waals surface area contributed by atoms with E-state index in [1.807, 2.05) is 43.3 Å². The summed E-state index contributed by atoms with van der Waals surface area (Å²) in [5, 5.41) is 12.1. The zero-order chi connectivity index (χ0) is 19.7. The maximum atomic E-state index is 13.1. The molecule has 0 radical (unpaired) electrons. The minimum absolute atomic E-state index is 0.130. The number of benzene rings is 2. The standard InChI is InChI=1S/C19H18ClN5O2S/c1-11-22-23-19-25(11)24-16(12-3-5-13(20)6-4-12)17(28-19)18(26)21-14-7-9-15(27-2)10-8-14/h3-10,16-17,24H,1-2H3,(H,21,26)/t16-,17+/m0/s1. The van der Waals surface area contributed by atoms with Gasteiger partial charge in [0.05, 0.1) is 13.2 Å². The highest BCUT2D eigenvalue weighted by molar-refractivity contribution is 8.00. The molecule has 0 spiro atoms. The lowest BCUT2D eigenvalue weighted by Crippen LogP contribution is -2.41. The molecule has 0 aliphatic carbocycles. The molecule has 144 valence electrons. The van der Waals surface area contributed by atoms with E-state index in [-0.39, 0.29) is 11.9 Å². The van der Waals surface area contributed by atoms with Crippen molar-refractivity contribution in [3.05, 3.63) is 64.9 Å². The smallest absolute Gasteiger partial charge is 0.240 e. The average Bonchev–Trinajstić information content (AvgIpc) is 3.08. The van der Waals surface area contributed by atoms with E-state index in [4.69, 9.17) is 16.3 Å². The maximum Gasteiger partial charge on any atom is 0.240 e. The molecule has 0 bridgehead atoms. The van der Waals surface area contributed by atoms with Crippen LogP contribution in [0, 0.1) is 6.92 Å². The molecule has 3 aromatic rings. The fourth-order valence-corrected chi connectivity index (χ4v) is 4.22. The highest BCUT2D eigenvalue weighted by Crippen LogP contribution is 2.37. The van der Waals surface area contributed by atoms with Gasteiger partial charge in [0.1, 0.15) is 16.8 Å². The number of fused-ring (bicyclic) bond motifs is 1. The summed E-state index contributed by atoms with van der Waals surface area (Å²) < 4.78 is 6.97. The topological polar surface area (TPSA) is 81.1 Å². The van der Waals surface area contributed by atoms with E-state index in [0.717, 1.165) is 17.1 Å². The van der Waals surface area contributed by atoms with E-state index < -0.39 is 5.25 Å². The second-order valence-corrected chi connectivity index (χ2v) is 7.82. The summed E-state index contributed by atoms with van der Waals surface area (Å²) in [6, 6.07) is 14.4. The number of halogens is 1. The molecule has 1 aromatic heterocycles. The summed E-state index contributed by atoms with van der Waals surface area (Å²) in [5.41, 5.74) is 5.01. The fourth-order valence-electron chi connectivity index (χ4n) is 2.97. The Morgan fingerprint density at radius 2 is 1.89 bits per heavy atom. The monoisotopic (exact) mass is 415 g/mol. The second-order valence-electron chi connectivity index (χ2n) is 6.28. The van der Waals surface area contributed by atoms with Crippen molar-refractivity contribution in [1.82, 2.24) is 14.9 Å². The van der Waals surface area contributed by atoms with Crippen LogP contribution in [0.15, 0.2) is 53.7 Å². The zero-order valence-corrected chi connectivity index (χ0v) is 16.8. The normalized spacial score (nSPS) is 18.1. The molecular weight excluding hydrogens is 398 g/mol. The first-order chi connectivity index (χ1) is 13.5. The average molecular weight is 416 g/mol. The van der Waals surface area contributed by atoms with Crippen LogP contribution >= 0.6 is 23.4 Å². The van der Waals surface area contributed by atoms with Crippen LogP contribution in [-0.4, -0.2) is 33.1 Å². The Kier molecular flexibility index (Phi) is 5.15. The number of carbonyl (C=O) groups excluding carboxylic acids is 1. The van der Waals surface area contributed by atoms with Crippen molar-refractivity contribution in [3.63, 3.8) is 0 Å². The molecule has 0 saturated heterocycles. The predicted octanol–water partition coefficient (Wildman–Crippen LogP) is 3.65. The van der Waals surface area contributed by atoms with Gasteiger partial charge in [0.25, 0.3) is 0 Å². The SMILES string of the molecule is COc1ccc(NC(=O)[C@@H]2Sc3nnc(C)n3N[C@H]2c2ccc(Cl)cc2)cc1. The van der Waals surface area contributed by atoms with E-state index in [2.05, 4.69) is 20.9 Å². The summed E-state index contributed by atoms with van der Waals surface area (Å²) in [6.45, 7) is 1.86. The number of aryl methyl sites for hydroxylation is 1. The number of nitrogens with one attached hydrogen (secondary N) is 2. The van der Waals surface area contributed by atoms with Gasteiger partial charge in [0, 0.05) is 10.7 Å². The molecule has 2 aromatic carbocycles. The molecule has 2 heterocycles. The minimum Gasteiger partial charge on any atom is -0.497 e. The molecule has 0 fully saturated rings. The number of nitrogens with zero attached hydrogens (tertiary/aromatic N) is 3. The van der Waals surface area contributed by atoms with Crippen molar-refractivity contribution in [1.29, 1.82) is 0 Å². The number of methoxy groups -OCH3 is 1. The van der Waals surface area contributed by atoms with Gasteiger partial charge in [0.2, 0.25) is 11.1 Å². The van der Waals surface area contributed by atoms with Gasteiger partial charge in [0.15, 0.2) is 0 Å². The van der Waals surface area contributed by atoms with Gasteiger partial charge < -0.3 is 15.5 Å². The number of carbonyl (C=O) groups is 1. The second kappa shape index (κ2) is 7.73. The third-order valence-corrected chi connectivity index (χ3v) is 5.91. The van der Waals surface area contributed by atoms with Crippen molar-refractivity contribution in [3.8, 4) is 5.75 Å². The number of aromatic nitrogens is 3. The largest absolute Gasteiger partial charge is 0.497 e. The van der Waals surface area contributed by atoms with Gasteiger partial charge in [-0.15, -0.1) is 10.2 Å². The van der Waals surface area contributed by atoms with E-state index in [9.17, 15) is 4.79 Å². The van der Waals surface area contributed by atoms with Gasteiger partial charge in [-0.25, -0.2) is 4.68 Å². The van der Waals surface area contributed by atoms with E-state index >= 15 is 0 Å². The lowest BCUT2D eigenvalue weighted by molar-refractivity contribution is -0.116. The Bertz CT molecular complexity index is 991. The molecular formula is C19H18ClN5O2S. The van der Waals surface area contributed by atoms with Gasteiger partial charge in [-0.05, 0) is 48.9 Å². The Labute approximate surface area is 171 Å². The molecule has 2 N–H and O–H groups in total. The molecule has 1 aliphatic rings. The van der Waals surface area contributed by atoms with Gasteiger partial charge in [-0.2, -0.15) is 0 Å². The fraction of sp³-hybridized carbons (Fsp3) is 0.211. The van der Waals surface area contributed by atoms with Crippen molar-refractivity contribution in [2.24, 2.45) is 0 Å². The van der Waals surface area contributed by atoms with Crippen molar-refractivity contribution < 1.29 is 9.53 Å². The highest BCUT2D eigenvalue weighted by atomic mass is 35.5. The summed E-state index contributed by atoms with van der Waals surface area (Å²) in [6.07, 6.45) is 0. The number of hydrogen-bond donors (Lipinski definition) is 2. The molecule has 1 aliphatic heterocycles. The van der Waals surface area contributed by atoms with Crippen LogP contribution in [0.1, 0.15) is 17.4 Å². The van der Waals surface area contributed by atoms with E-state index in [1.165, 1.54) is 11.8 Å². The van der Waals surface area contributed by atoms with Gasteiger partial charge >= 0.3 is 0 Å². The number of rotatable bonds is 4. The van der Waals surface area contributed by atoms with Gasteiger partial charge in [-0.1, -0.05) is 35.5 Å². The number of anilines is 1. The molecule has 1 amide bonds. The van der Waals surface area contributed by atoms with Crippen LogP contribution in [-0.2, 0) is 4.79 Å². The number of hydrogen-bond acceptors (Lipinski definition) is 6. The highest BCUT2D eigenvalue weighted by Gasteiger charge is 2.37. The van der Waals surface area contributed by atoms with Gasteiger partial charge in [-0.3, -0.25) is 4.79 Å². The Balaban J connectivity index is 1.62. The molecule has 2 atom stereocenters. The third kappa shape index (κ3) is 3.65. The quantitative estimate of drug-likeness (QED) is 0.677. The Morgan fingerprint density at radius 1 is 1.18 bits per heavy atom. The zero-order valence-electron chi connectivity index (χ0n) is 15.2. The predicted molar refractivity (Wildman–Crippen MR) is 110 cm³/mol. The van der Waals surface area contributed by atoms with Crippen LogP contribution in [0.25, 0.3) is 0 Å². The lowest BCUT2D eigenvalue weighted by Gasteiger charge is -2.32. The van der Waals surface area contributed by atoms with Crippen molar-refractivity contribution in [2.45, 2.75) is 23.4 Å². The Morgan fingerprint density at radius 3 is 2.57 bits per heavy atom. The molecule has 0 saturated carbocycles. The number of amides is 1. The van der Waals surface area contributed by atoms with Crippen LogP contribution in [0.4, 0.5) is 5.69 Å². The van der Waals surface area contributed by atoms with Crippen LogP contribution in [0.3, 0.4) is 0 Å². The summed E-state index contributed by atoms with van der Waals surface area (Å²) in [7, 11) is 1.60. The maximum absolute atomic E-state index is 13.1. The molecule has 28 heavy (non-hydrogen) atoms. The molecule has 9 heteroatoms. The number of thioether (sulfide) groups is 1. The minimum atomic E-state index is -0.445.